The van der Waals surface area contributed by atoms with Crippen molar-refractivity contribution in [3.05, 3.63) is 23.8 Å². The summed E-state index contributed by atoms with van der Waals surface area (Å²) in [5, 5.41) is 8.67. The molecule has 2 N–H and O–H groups in total. The van der Waals surface area contributed by atoms with Gasteiger partial charge < -0.3 is 9.84 Å². The van der Waals surface area contributed by atoms with Crippen LogP contribution in [-0.2, 0) is 14.8 Å². The van der Waals surface area contributed by atoms with E-state index in [2.05, 4.69) is 0 Å². The predicted octanol–water partition coefficient (Wildman–Crippen LogP) is 0.705. The lowest BCUT2D eigenvalue weighted by Gasteiger charge is -2.14. The molecule has 1 atom stereocenters. The van der Waals surface area contributed by atoms with E-state index < -0.39 is 28.7 Å². The number of halogens is 1. The summed E-state index contributed by atoms with van der Waals surface area (Å²) in [6.45, 7) is 0.324. The van der Waals surface area contributed by atoms with Crippen LogP contribution in [0.5, 0.6) is 5.75 Å². The Kier molecular flexibility index (Phi) is 4.84. The summed E-state index contributed by atoms with van der Waals surface area (Å²) in [5.74, 6) is -1.53. The zero-order chi connectivity index (χ0) is 14.6. The molecule has 0 aromatic heterocycles. The van der Waals surface area contributed by atoms with Gasteiger partial charge >= 0.3 is 5.97 Å². The highest BCUT2D eigenvalue weighted by Crippen LogP contribution is 2.24. The SMILES string of the molecule is COc1ccc(C)cc1S(=O)(=O)N[C@H](CF)C(=O)O. The number of aliphatic carboxylic acids is 1. The number of carboxylic acids is 1. The average Bonchev–Trinajstić information content (AvgIpc) is 2.35. The van der Waals surface area contributed by atoms with Gasteiger partial charge in [0, 0.05) is 0 Å². The lowest BCUT2D eigenvalue weighted by molar-refractivity contribution is -0.139. The third kappa shape index (κ3) is 3.65. The minimum Gasteiger partial charge on any atom is -0.495 e. The fraction of sp³-hybridized carbons (Fsp3) is 0.364. The Morgan fingerprint density at radius 3 is 2.63 bits per heavy atom. The van der Waals surface area contributed by atoms with E-state index in [9.17, 15) is 17.6 Å². The van der Waals surface area contributed by atoms with Gasteiger partial charge in [0.1, 0.15) is 23.4 Å². The van der Waals surface area contributed by atoms with Crippen molar-refractivity contribution in [3.8, 4) is 5.75 Å². The number of rotatable bonds is 6. The van der Waals surface area contributed by atoms with Gasteiger partial charge in [0.05, 0.1) is 7.11 Å². The fourth-order valence-electron chi connectivity index (χ4n) is 1.39. The van der Waals surface area contributed by atoms with Crippen molar-refractivity contribution in [2.24, 2.45) is 0 Å². The zero-order valence-corrected chi connectivity index (χ0v) is 11.2. The third-order valence-corrected chi connectivity index (χ3v) is 3.85. The van der Waals surface area contributed by atoms with Gasteiger partial charge in [0.25, 0.3) is 0 Å². The molecule has 0 aliphatic heterocycles. The topological polar surface area (TPSA) is 92.7 Å². The van der Waals surface area contributed by atoms with E-state index in [0.29, 0.717) is 5.56 Å². The molecule has 0 aliphatic carbocycles. The number of carboxylic acid groups (broad SMARTS) is 1. The summed E-state index contributed by atoms with van der Waals surface area (Å²) in [6, 6.07) is 2.57. The molecule has 1 aromatic carbocycles. The molecule has 106 valence electrons. The van der Waals surface area contributed by atoms with Gasteiger partial charge in [-0.1, -0.05) is 6.07 Å². The zero-order valence-electron chi connectivity index (χ0n) is 10.4. The van der Waals surface area contributed by atoms with Crippen LogP contribution in [-0.4, -0.2) is 39.3 Å². The molecule has 0 unspecified atom stereocenters. The maximum absolute atomic E-state index is 12.5. The van der Waals surface area contributed by atoms with Crippen molar-refractivity contribution in [1.29, 1.82) is 0 Å². The van der Waals surface area contributed by atoms with E-state index in [0.717, 1.165) is 0 Å². The Bertz CT molecular complexity index is 572. The van der Waals surface area contributed by atoms with Crippen LogP contribution in [0.1, 0.15) is 5.56 Å². The fourth-order valence-corrected chi connectivity index (χ4v) is 2.82. The minimum absolute atomic E-state index is 0.0566. The number of benzene rings is 1. The number of methoxy groups -OCH3 is 1. The number of nitrogens with one attached hydrogen (secondary N) is 1. The second-order valence-corrected chi connectivity index (χ2v) is 5.50. The van der Waals surface area contributed by atoms with Crippen LogP contribution in [0.15, 0.2) is 23.1 Å². The first-order valence-corrected chi connectivity index (χ1v) is 6.76. The standard InChI is InChI=1S/C11H14FNO5S/c1-7-3-4-9(18-2)10(5-7)19(16,17)13-8(6-12)11(14)15/h3-5,8,13H,6H2,1-2H3,(H,14,15)/t8-/m1/s1. The van der Waals surface area contributed by atoms with Crippen LogP contribution in [0.4, 0.5) is 4.39 Å². The lowest BCUT2D eigenvalue weighted by atomic mass is 10.2. The molecular weight excluding hydrogens is 277 g/mol. The predicted molar refractivity (Wildman–Crippen MR) is 65.5 cm³/mol. The quantitative estimate of drug-likeness (QED) is 0.805. The lowest BCUT2D eigenvalue weighted by Crippen LogP contribution is -2.42. The van der Waals surface area contributed by atoms with E-state index in [-0.39, 0.29) is 10.6 Å². The van der Waals surface area contributed by atoms with Crippen molar-refractivity contribution in [2.45, 2.75) is 17.9 Å². The second-order valence-electron chi connectivity index (χ2n) is 3.82. The van der Waals surface area contributed by atoms with Crippen LogP contribution in [0.2, 0.25) is 0 Å². The van der Waals surface area contributed by atoms with Crippen molar-refractivity contribution in [3.63, 3.8) is 0 Å². The van der Waals surface area contributed by atoms with Crippen LogP contribution < -0.4 is 9.46 Å². The molecule has 1 rings (SSSR count). The summed E-state index contributed by atoms with van der Waals surface area (Å²) >= 11 is 0. The van der Waals surface area contributed by atoms with Gasteiger partial charge in [-0.3, -0.25) is 4.79 Å². The first-order valence-electron chi connectivity index (χ1n) is 5.27. The molecule has 0 aliphatic rings. The molecule has 19 heavy (non-hydrogen) atoms. The molecule has 0 radical (unpaired) electrons. The minimum atomic E-state index is -4.18. The molecular formula is C11H14FNO5S. The van der Waals surface area contributed by atoms with Crippen LogP contribution in [0, 0.1) is 6.92 Å². The van der Waals surface area contributed by atoms with Crippen molar-refractivity contribution in [2.75, 3.05) is 13.8 Å². The van der Waals surface area contributed by atoms with E-state index in [1.807, 2.05) is 0 Å². The van der Waals surface area contributed by atoms with Crippen molar-refractivity contribution in [1.82, 2.24) is 4.72 Å². The molecule has 0 saturated heterocycles. The Labute approximate surface area is 110 Å². The number of alkyl halides is 1. The molecule has 0 spiro atoms. The van der Waals surface area contributed by atoms with Gasteiger partial charge in [-0.05, 0) is 24.6 Å². The highest BCUT2D eigenvalue weighted by molar-refractivity contribution is 7.89. The molecule has 0 fully saturated rings. The number of ether oxygens (including phenoxy) is 1. The Balaban J connectivity index is 3.20. The van der Waals surface area contributed by atoms with Gasteiger partial charge in [-0.25, -0.2) is 12.8 Å². The number of sulfonamides is 1. The summed E-state index contributed by atoms with van der Waals surface area (Å²) in [7, 11) is -2.89. The van der Waals surface area contributed by atoms with Gasteiger partial charge in [0.15, 0.2) is 0 Å². The highest BCUT2D eigenvalue weighted by atomic mass is 32.2. The van der Waals surface area contributed by atoms with Crippen molar-refractivity contribution >= 4 is 16.0 Å². The molecule has 1 aromatic rings. The number of aryl methyl sites for hydroxylation is 1. The maximum Gasteiger partial charge on any atom is 0.324 e. The Morgan fingerprint density at radius 1 is 1.53 bits per heavy atom. The monoisotopic (exact) mass is 291 g/mol. The molecule has 8 heteroatoms. The van der Waals surface area contributed by atoms with E-state index >= 15 is 0 Å². The molecule has 0 amide bonds. The van der Waals surface area contributed by atoms with Gasteiger partial charge in [0.2, 0.25) is 10.0 Å². The van der Waals surface area contributed by atoms with E-state index in [4.69, 9.17) is 9.84 Å². The normalized spacial score (nSPS) is 13.0. The van der Waals surface area contributed by atoms with Crippen molar-refractivity contribution < 1.29 is 27.4 Å². The summed E-state index contributed by atoms with van der Waals surface area (Å²) in [4.78, 5) is 10.4. The average molecular weight is 291 g/mol. The van der Waals surface area contributed by atoms with Crippen LogP contribution >= 0.6 is 0 Å². The Hall–Kier alpha value is -1.67. The van der Waals surface area contributed by atoms with E-state index in [1.54, 1.807) is 17.7 Å². The summed E-state index contributed by atoms with van der Waals surface area (Å²) in [6.07, 6.45) is 0. The first-order chi connectivity index (χ1) is 8.81. The maximum atomic E-state index is 12.5. The van der Waals surface area contributed by atoms with Gasteiger partial charge in [-0.15, -0.1) is 0 Å². The van der Waals surface area contributed by atoms with E-state index in [1.165, 1.54) is 19.2 Å². The molecule has 0 heterocycles. The number of hydrogen-bond acceptors (Lipinski definition) is 4. The largest absolute Gasteiger partial charge is 0.495 e. The summed E-state index contributed by atoms with van der Waals surface area (Å²) in [5.41, 5.74) is 0.647. The summed E-state index contributed by atoms with van der Waals surface area (Å²) < 4.78 is 43.2. The molecule has 0 saturated carbocycles. The smallest absolute Gasteiger partial charge is 0.324 e. The number of hydrogen-bond donors (Lipinski definition) is 2. The van der Waals surface area contributed by atoms with Crippen LogP contribution in [0.25, 0.3) is 0 Å². The Morgan fingerprint density at radius 2 is 2.16 bits per heavy atom. The van der Waals surface area contributed by atoms with Gasteiger partial charge in [-0.2, -0.15) is 4.72 Å². The molecule has 0 bridgehead atoms. The number of carbonyl (C=O) groups is 1. The second kappa shape index (κ2) is 5.98. The van der Waals surface area contributed by atoms with Crippen LogP contribution in [0.3, 0.4) is 0 Å². The first kappa shape index (κ1) is 15.4. The highest BCUT2D eigenvalue weighted by Gasteiger charge is 2.27. The molecule has 6 nitrogen and oxygen atoms in total. The third-order valence-electron chi connectivity index (χ3n) is 2.36.